The van der Waals surface area contributed by atoms with Gasteiger partial charge < -0.3 is 19.4 Å². The number of carbonyl (C=O) groups is 1. The van der Waals surface area contributed by atoms with E-state index in [9.17, 15) is 4.79 Å². The summed E-state index contributed by atoms with van der Waals surface area (Å²) in [6.45, 7) is 0.742. The molecule has 26 heavy (non-hydrogen) atoms. The first-order valence-electron chi connectivity index (χ1n) is 8.86. The molecular weight excluding hydrogens is 328 g/mol. The molecule has 2 aliphatic heterocycles. The van der Waals surface area contributed by atoms with Crippen molar-refractivity contribution in [3.05, 3.63) is 58.8 Å². The summed E-state index contributed by atoms with van der Waals surface area (Å²) in [6.07, 6.45) is 1.66. The van der Waals surface area contributed by atoms with E-state index in [0.717, 1.165) is 36.0 Å². The summed E-state index contributed by atoms with van der Waals surface area (Å²) in [5.74, 6) is 1.34. The van der Waals surface area contributed by atoms with E-state index in [1.165, 1.54) is 16.6 Å². The molecule has 0 saturated heterocycles. The highest BCUT2D eigenvalue weighted by molar-refractivity contribution is 5.98. The van der Waals surface area contributed by atoms with Gasteiger partial charge in [-0.1, -0.05) is 18.2 Å². The van der Waals surface area contributed by atoms with Crippen molar-refractivity contribution in [1.29, 1.82) is 0 Å². The van der Waals surface area contributed by atoms with Crippen molar-refractivity contribution < 1.29 is 14.3 Å². The van der Waals surface area contributed by atoms with Crippen LogP contribution in [0.5, 0.6) is 11.5 Å². The Morgan fingerprint density at radius 2 is 1.88 bits per heavy atom. The standard InChI is InChI=1S/C21H20N2O3/c1-25-18-10-12-9-17-20-14(13-5-3-4-6-16(13)22-20)7-8-23(17)21(24)15(12)11-19(18)26-2/h3-6,10-11,17,22H,7-9H2,1-2H3/t17-/m0/s1. The predicted molar refractivity (Wildman–Crippen MR) is 99.0 cm³/mol. The minimum absolute atomic E-state index is 0.0456. The molecule has 2 aromatic carbocycles. The van der Waals surface area contributed by atoms with Crippen LogP contribution < -0.4 is 9.47 Å². The number of para-hydroxylation sites is 1. The molecule has 0 radical (unpaired) electrons. The number of rotatable bonds is 2. The molecule has 5 nitrogen and oxygen atoms in total. The predicted octanol–water partition coefficient (Wildman–Crippen LogP) is 3.48. The SMILES string of the molecule is COc1cc2c(cc1OC)C(=O)N1CCc3c([nH]c4ccccc34)[C@@H]1C2. The van der Waals surface area contributed by atoms with E-state index in [0.29, 0.717) is 11.5 Å². The zero-order valence-corrected chi connectivity index (χ0v) is 14.8. The van der Waals surface area contributed by atoms with E-state index < -0.39 is 0 Å². The van der Waals surface area contributed by atoms with Gasteiger partial charge in [-0.15, -0.1) is 0 Å². The summed E-state index contributed by atoms with van der Waals surface area (Å²) < 4.78 is 10.8. The molecule has 3 heterocycles. The highest BCUT2D eigenvalue weighted by Gasteiger charge is 2.39. The van der Waals surface area contributed by atoms with Gasteiger partial charge in [-0.2, -0.15) is 0 Å². The Kier molecular flexibility index (Phi) is 3.26. The van der Waals surface area contributed by atoms with E-state index in [-0.39, 0.29) is 11.9 Å². The smallest absolute Gasteiger partial charge is 0.254 e. The first kappa shape index (κ1) is 15.3. The highest BCUT2D eigenvalue weighted by Crippen LogP contribution is 2.42. The van der Waals surface area contributed by atoms with Crippen molar-refractivity contribution >= 4 is 16.8 Å². The molecule has 3 aromatic rings. The van der Waals surface area contributed by atoms with Gasteiger partial charge in [0, 0.05) is 28.7 Å². The molecule has 2 aliphatic rings. The third kappa shape index (κ3) is 2.00. The number of aromatic amines is 1. The second-order valence-electron chi connectivity index (χ2n) is 6.90. The van der Waals surface area contributed by atoms with Gasteiger partial charge >= 0.3 is 0 Å². The number of methoxy groups -OCH3 is 2. The summed E-state index contributed by atoms with van der Waals surface area (Å²) in [6, 6.07) is 12.2. The van der Waals surface area contributed by atoms with Gasteiger partial charge in [0.15, 0.2) is 11.5 Å². The Labute approximate surface area is 151 Å². The number of hydrogen-bond acceptors (Lipinski definition) is 3. The van der Waals surface area contributed by atoms with Gasteiger partial charge in [-0.05, 0) is 42.2 Å². The van der Waals surface area contributed by atoms with Crippen molar-refractivity contribution in [3.8, 4) is 11.5 Å². The van der Waals surface area contributed by atoms with Crippen molar-refractivity contribution in [2.75, 3.05) is 20.8 Å². The van der Waals surface area contributed by atoms with Crippen LogP contribution in [0.4, 0.5) is 0 Å². The molecule has 132 valence electrons. The molecule has 1 atom stereocenters. The number of fused-ring (bicyclic) bond motifs is 6. The number of amides is 1. The molecule has 5 heteroatoms. The molecule has 1 aromatic heterocycles. The normalized spacial score (nSPS) is 18.3. The topological polar surface area (TPSA) is 54.6 Å². The van der Waals surface area contributed by atoms with Gasteiger partial charge in [-0.25, -0.2) is 0 Å². The molecule has 0 spiro atoms. The zero-order chi connectivity index (χ0) is 17.8. The fourth-order valence-electron chi connectivity index (χ4n) is 4.43. The van der Waals surface area contributed by atoms with Crippen molar-refractivity contribution in [3.63, 3.8) is 0 Å². The first-order chi connectivity index (χ1) is 12.7. The molecule has 5 rings (SSSR count). The monoisotopic (exact) mass is 348 g/mol. The number of benzene rings is 2. The number of H-pyrrole nitrogens is 1. The lowest BCUT2D eigenvalue weighted by atomic mass is 9.86. The Morgan fingerprint density at radius 1 is 1.12 bits per heavy atom. The van der Waals surface area contributed by atoms with Crippen LogP contribution >= 0.6 is 0 Å². The molecule has 0 unspecified atom stereocenters. The van der Waals surface area contributed by atoms with Crippen LogP contribution in [0.2, 0.25) is 0 Å². The third-order valence-electron chi connectivity index (χ3n) is 5.67. The van der Waals surface area contributed by atoms with E-state index >= 15 is 0 Å². The Hall–Kier alpha value is -2.95. The highest BCUT2D eigenvalue weighted by atomic mass is 16.5. The Morgan fingerprint density at radius 3 is 2.69 bits per heavy atom. The van der Waals surface area contributed by atoms with E-state index in [4.69, 9.17) is 9.47 Å². The second-order valence-corrected chi connectivity index (χ2v) is 6.90. The summed E-state index contributed by atoms with van der Waals surface area (Å²) in [7, 11) is 3.22. The van der Waals surface area contributed by atoms with Crippen molar-refractivity contribution in [1.82, 2.24) is 9.88 Å². The number of ether oxygens (including phenoxy) is 2. The molecule has 1 N–H and O–H groups in total. The van der Waals surface area contributed by atoms with E-state index in [1.54, 1.807) is 14.2 Å². The Balaban J connectivity index is 1.65. The van der Waals surface area contributed by atoms with Gasteiger partial charge in [0.1, 0.15) is 0 Å². The summed E-state index contributed by atoms with van der Waals surface area (Å²) in [5.41, 5.74) is 5.40. The largest absolute Gasteiger partial charge is 0.493 e. The number of carbonyl (C=O) groups excluding carboxylic acids is 1. The average molecular weight is 348 g/mol. The van der Waals surface area contributed by atoms with Crippen LogP contribution in [0.15, 0.2) is 36.4 Å². The Bertz CT molecular complexity index is 1040. The van der Waals surface area contributed by atoms with Gasteiger partial charge in [-0.3, -0.25) is 4.79 Å². The van der Waals surface area contributed by atoms with Crippen molar-refractivity contribution in [2.24, 2.45) is 0 Å². The zero-order valence-electron chi connectivity index (χ0n) is 14.8. The first-order valence-corrected chi connectivity index (χ1v) is 8.86. The fraction of sp³-hybridized carbons (Fsp3) is 0.286. The summed E-state index contributed by atoms with van der Waals surface area (Å²) in [4.78, 5) is 18.7. The lowest BCUT2D eigenvalue weighted by molar-refractivity contribution is 0.0627. The van der Waals surface area contributed by atoms with Crippen LogP contribution in [0.25, 0.3) is 10.9 Å². The molecule has 0 fully saturated rings. The number of hydrogen-bond donors (Lipinski definition) is 1. The van der Waals surface area contributed by atoms with Gasteiger partial charge in [0.25, 0.3) is 5.91 Å². The van der Waals surface area contributed by atoms with Gasteiger partial charge in [0.05, 0.1) is 20.3 Å². The quantitative estimate of drug-likeness (QED) is 0.771. The lowest BCUT2D eigenvalue weighted by Crippen LogP contribution is -2.44. The molecule has 0 bridgehead atoms. The van der Waals surface area contributed by atoms with Gasteiger partial charge in [0.2, 0.25) is 0 Å². The van der Waals surface area contributed by atoms with Crippen LogP contribution in [0.1, 0.15) is 33.2 Å². The lowest BCUT2D eigenvalue weighted by Gasteiger charge is -2.40. The minimum atomic E-state index is 0.0456. The van der Waals surface area contributed by atoms with Crippen LogP contribution in [-0.2, 0) is 12.8 Å². The van der Waals surface area contributed by atoms with E-state index in [2.05, 4.69) is 23.2 Å². The van der Waals surface area contributed by atoms with Crippen LogP contribution in [0, 0.1) is 0 Å². The number of nitrogens with one attached hydrogen (secondary N) is 1. The second kappa shape index (κ2) is 5.53. The average Bonchev–Trinajstić information content (AvgIpc) is 3.06. The summed E-state index contributed by atoms with van der Waals surface area (Å²) >= 11 is 0. The summed E-state index contributed by atoms with van der Waals surface area (Å²) in [5, 5.41) is 1.27. The van der Waals surface area contributed by atoms with E-state index in [1.807, 2.05) is 23.1 Å². The molecule has 0 aliphatic carbocycles. The van der Waals surface area contributed by atoms with Crippen molar-refractivity contribution in [2.45, 2.75) is 18.9 Å². The fourth-order valence-corrected chi connectivity index (χ4v) is 4.43. The number of aromatic nitrogens is 1. The molecule has 0 saturated carbocycles. The minimum Gasteiger partial charge on any atom is -0.493 e. The maximum absolute atomic E-state index is 13.2. The number of nitrogens with zero attached hydrogens (tertiary/aromatic N) is 1. The maximum Gasteiger partial charge on any atom is 0.254 e. The maximum atomic E-state index is 13.2. The molecular formula is C21H20N2O3. The molecule has 1 amide bonds. The van der Waals surface area contributed by atoms with Crippen LogP contribution in [0.3, 0.4) is 0 Å². The van der Waals surface area contributed by atoms with Crippen LogP contribution in [-0.4, -0.2) is 36.6 Å². The third-order valence-corrected chi connectivity index (χ3v) is 5.67.